The number of hydrogen-bond acceptors (Lipinski definition) is 3. The summed E-state index contributed by atoms with van der Waals surface area (Å²) in [5.41, 5.74) is 3.62. The van der Waals surface area contributed by atoms with Gasteiger partial charge in [-0.2, -0.15) is 0 Å². The standard InChI is InChI=1S/C17H20N2O2/c1-12(13-7-9-18(2)10-8-13)11-19-16(20)14-5-3-4-6-15(14)17(19)21/h3-6H,7-11H2,1-2H3. The molecule has 2 heterocycles. The second kappa shape index (κ2) is 5.45. The van der Waals surface area contributed by atoms with Gasteiger partial charge in [-0.25, -0.2) is 0 Å². The van der Waals surface area contributed by atoms with Crippen LogP contribution in [-0.4, -0.2) is 48.3 Å². The van der Waals surface area contributed by atoms with Gasteiger partial charge in [-0.3, -0.25) is 14.5 Å². The van der Waals surface area contributed by atoms with Crippen molar-refractivity contribution in [1.29, 1.82) is 0 Å². The molecule has 0 aromatic heterocycles. The molecule has 0 atom stereocenters. The summed E-state index contributed by atoms with van der Waals surface area (Å²) in [6.45, 7) is 4.57. The SMILES string of the molecule is CC(CN1C(=O)c2ccccc2C1=O)=C1CCN(C)CC1. The number of piperidine rings is 1. The minimum absolute atomic E-state index is 0.163. The molecule has 3 rings (SSSR count). The van der Waals surface area contributed by atoms with E-state index in [4.69, 9.17) is 0 Å². The van der Waals surface area contributed by atoms with Crippen LogP contribution in [0.3, 0.4) is 0 Å². The van der Waals surface area contributed by atoms with Gasteiger partial charge in [-0.1, -0.05) is 23.3 Å². The number of benzene rings is 1. The van der Waals surface area contributed by atoms with Crippen molar-refractivity contribution in [3.63, 3.8) is 0 Å². The highest BCUT2D eigenvalue weighted by Gasteiger charge is 2.35. The van der Waals surface area contributed by atoms with E-state index in [2.05, 4.69) is 11.9 Å². The topological polar surface area (TPSA) is 40.6 Å². The predicted molar refractivity (Wildman–Crippen MR) is 81.2 cm³/mol. The fraction of sp³-hybridized carbons (Fsp3) is 0.412. The summed E-state index contributed by atoms with van der Waals surface area (Å²) in [5, 5.41) is 0. The van der Waals surface area contributed by atoms with Gasteiger partial charge in [-0.15, -0.1) is 0 Å². The molecule has 0 radical (unpaired) electrons. The Bertz CT molecular complexity index is 588. The molecular formula is C17H20N2O2. The van der Waals surface area contributed by atoms with Crippen LogP contribution in [0.1, 0.15) is 40.5 Å². The van der Waals surface area contributed by atoms with Gasteiger partial charge in [0.15, 0.2) is 0 Å². The van der Waals surface area contributed by atoms with Crippen molar-refractivity contribution in [2.75, 3.05) is 26.7 Å². The van der Waals surface area contributed by atoms with E-state index in [1.165, 1.54) is 10.5 Å². The van der Waals surface area contributed by atoms with Crippen LogP contribution in [-0.2, 0) is 0 Å². The molecule has 0 unspecified atom stereocenters. The molecule has 0 bridgehead atoms. The smallest absolute Gasteiger partial charge is 0.261 e. The predicted octanol–water partition coefficient (Wildman–Crippen LogP) is 2.32. The first-order valence-electron chi connectivity index (χ1n) is 7.39. The normalized spacial score (nSPS) is 19.1. The zero-order chi connectivity index (χ0) is 15.0. The third kappa shape index (κ3) is 2.51. The lowest BCUT2D eigenvalue weighted by Crippen LogP contribution is -2.33. The molecule has 21 heavy (non-hydrogen) atoms. The van der Waals surface area contributed by atoms with Crippen LogP contribution in [0.15, 0.2) is 35.4 Å². The first-order chi connectivity index (χ1) is 10.1. The molecule has 0 saturated carbocycles. The molecule has 1 aromatic rings. The Morgan fingerprint density at radius 3 is 2.10 bits per heavy atom. The molecule has 4 nitrogen and oxygen atoms in total. The molecule has 0 spiro atoms. The van der Waals surface area contributed by atoms with Crippen LogP contribution in [0.4, 0.5) is 0 Å². The van der Waals surface area contributed by atoms with Crippen molar-refractivity contribution >= 4 is 11.8 Å². The third-order valence-electron chi connectivity index (χ3n) is 4.47. The second-order valence-electron chi connectivity index (χ2n) is 5.93. The number of carbonyl (C=O) groups is 2. The number of fused-ring (bicyclic) bond motifs is 1. The second-order valence-corrected chi connectivity index (χ2v) is 5.93. The quantitative estimate of drug-likeness (QED) is 0.618. The van der Waals surface area contributed by atoms with Crippen molar-refractivity contribution in [2.45, 2.75) is 19.8 Å². The van der Waals surface area contributed by atoms with Crippen LogP contribution < -0.4 is 0 Å². The summed E-state index contributed by atoms with van der Waals surface area (Å²) in [6, 6.07) is 7.06. The number of nitrogens with zero attached hydrogens (tertiary/aromatic N) is 2. The number of imide groups is 1. The fourth-order valence-corrected chi connectivity index (χ4v) is 3.05. The Labute approximate surface area is 125 Å². The van der Waals surface area contributed by atoms with E-state index in [9.17, 15) is 9.59 Å². The maximum Gasteiger partial charge on any atom is 0.261 e. The van der Waals surface area contributed by atoms with Gasteiger partial charge in [0, 0.05) is 13.1 Å². The Hall–Kier alpha value is -1.94. The van der Waals surface area contributed by atoms with Crippen LogP contribution in [0, 0.1) is 0 Å². The van der Waals surface area contributed by atoms with Crippen LogP contribution in [0.25, 0.3) is 0 Å². The average molecular weight is 284 g/mol. The van der Waals surface area contributed by atoms with E-state index in [1.807, 2.05) is 6.92 Å². The third-order valence-corrected chi connectivity index (χ3v) is 4.47. The lowest BCUT2D eigenvalue weighted by atomic mass is 9.99. The van der Waals surface area contributed by atoms with Gasteiger partial charge >= 0.3 is 0 Å². The average Bonchev–Trinajstić information content (AvgIpc) is 2.73. The summed E-state index contributed by atoms with van der Waals surface area (Å²) in [7, 11) is 2.12. The van der Waals surface area contributed by atoms with Gasteiger partial charge in [0.25, 0.3) is 11.8 Å². The first kappa shape index (κ1) is 14.0. The van der Waals surface area contributed by atoms with Gasteiger partial charge < -0.3 is 4.90 Å². The van der Waals surface area contributed by atoms with Gasteiger partial charge in [-0.05, 0) is 38.9 Å². The molecule has 2 amide bonds. The number of carbonyl (C=O) groups excluding carboxylic acids is 2. The number of amides is 2. The highest BCUT2D eigenvalue weighted by Crippen LogP contribution is 2.25. The largest absolute Gasteiger partial charge is 0.306 e. The summed E-state index contributed by atoms with van der Waals surface area (Å²) in [6.07, 6.45) is 2.07. The summed E-state index contributed by atoms with van der Waals surface area (Å²) in [4.78, 5) is 28.4. The summed E-state index contributed by atoms with van der Waals surface area (Å²) < 4.78 is 0. The van der Waals surface area contributed by atoms with Crippen molar-refractivity contribution in [2.24, 2.45) is 0 Å². The fourth-order valence-electron chi connectivity index (χ4n) is 3.05. The highest BCUT2D eigenvalue weighted by atomic mass is 16.2. The van der Waals surface area contributed by atoms with Gasteiger partial charge in [0.05, 0.1) is 17.7 Å². The van der Waals surface area contributed by atoms with E-state index in [0.29, 0.717) is 17.7 Å². The number of likely N-dealkylation sites (tertiary alicyclic amines) is 1. The van der Waals surface area contributed by atoms with Crippen LogP contribution >= 0.6 is 0 Å². The van der Waals surface area contributed by atoms with E-state index >= 15 is 0 Å². The first-order valence-corrected chi connectivity index (χ1v) is 7.39. The van der Waals surface area contributed by atoms with Crippen molar-refractivity contribution in [1.82, 2.24) is 9.80 Å². The molecule has 4 heteroatoms. The lowest BCUT2D eigenvalue weighted by Gasteiger charge is -2.26. The molecule has 110 valence electrons. The molecule has 1 fully saturated rings. The monoisotopic (exact) mass is 284 g/mol. The summed E-state index contributed by atoms with van der Waals surface area (Å²) in [5.74, 6) is -0.327. The molecule has 1 aromatic carbocycles. The molecule has 2 aliphatic rings. The molecule has 0 N–H and O–H groups in total. The van der Waals surface area contributed by atoms with E-state index in [-0.39, 0.29) is 11.8 Å². The van der Waals surface area contributed by atoms with E-state index in [1.54, 1.807) is 24.3 Å². The molecule has 0 aliphatic carbocycles. The van der Waals surface area contributed by atoms with Crippen molar-refractivity contribution < 1.29 is 9.59 Å². The van der Waals surface area contributed by atoms with E-state index < -0.39 is 0 Å². The molecule has 2 aliphatic heterocycles. The Morgan fingerprint density at radius 1 is 1.05 bits per heavy atom. The minimum atomic E-state index is -0.163. The molecule has 1 saturated heterocycles. The van der Waals surface area contributed by atoms with Gasteiger partial charge in [0.2, 0.25) is 0 Å². The van der Waals surface area contributed by atoms with Crippen LogP contribution in [0.5, 0.6) is 0 Å². The zero-order valence-corrected chi connectivity index (χ0v) is 12.6. The maximum atomic E-state index is 12.4. The van der Waals surface area contributed by atoms with Crippen molar-refractivity contribution in [3.8, 4) is 0 Å². The molecular weight excluding hydrogens is 264 g/mol. The maximum absolute atomic E-state index is 12.4. The lowest BCUT2D eigenvalue weighted by molar-refractivity contribution is 0.0667. The van der Waals surface area contributed by atoms with Crippen molar-refractivity contribution in [3.05, 3.63) is 46.5 Å². The van der Waals surface area contributed by atoms with Gasteiger partial charge in [0.1, 0.15) is 0 Å². The summed E-state index contributed by atoms with van der Waals surface area (Å²) >= 11 is 0. The number of hydrogen-bond donors (Lipinski definition) is 0. The number of rotatable bonds is 2. The Morgan fingerprint density at radius 2 is 1.57 bits per heavy atom. The Balaban J connectivity index is 1.79. The highest BCUT2D eigenvalue weighted by molar-refractivity contribution is 6.21. The zero-order valence-electron chi connectivity index (χ0n) is 12.6. The Kier molecular flexibility index (Phi) is 3.64. The van der Waals surface area contributed by atoms with E-state index in [0.717, 1.165) is 31.5 Å². The van der Waals surface area contributed by atoms with Crippen LogP contribution in [0.2, 0.25) is 0 Å². The minimum Gasteiger partial charge on any atom is -0.306 e.